The molecule has 2 atom stereocenters. The zero-order valence-electron chi connectivity index (χ0n) is 20.4. The number of urea groups is 1. The molecule has 0 bridgehead atoms. The van der Waals surface area contributed by atoms with Gasteiger partial charge in [-0.1, -0.05) is 54.1 Å². The van der Waals surface area contributed by atoms with Gasteiger partial charge in [0.1, 0.15) is 0 Å². The Morgan fingerprint density at radius 2 is 1.81 bits per heavy atom. The summed E-state index contributed by atoms with van der Waals surface area (Å²) in [7, 11) is 0. The van der Waals surface area contributed by atoms with E-state index in [1.807, 2.05) is 47.4 Å². The first kappa shape index (κ1) is 24.6. The molecule has 0 radical (unpaired) electrons. The van der Waals surface area contributed by atoms with E-state index < -0.39 is 0 Å². The number of hydrogen-bond acceptors (Lipinski definition) is 5. The normalized spacial score (nSPS) is 17.4. The third kappa shape index (κ3) is 5.54. The topological polar surface area (TPSA) is 88.3 Å². The minimum atomic E-state index is -0.109. The quantitative estimate of drug-likeness (QED) is 0.268. The van der Waals surface area contributed by atoms with E-state index in [0.29, 0.717) is 30.6 Å². The molecule has 1 aliphatic rings. The highest BCUT2D eigenvalue weighted by Gasteiger charge is 2.35. The molecule has 2 aromatic carbocycles. The first-order valence-corrected chi connectivity index (χ1v) is 12.7. The van der Waals surface area contributed by atoms with Gasteiger partial charge in [0.05, 0.1) is 24.0 Å². The van der Waals surface area contributed by atoms with Gasteiger partial charge < -0.3 is 10.2 Å². The molecule has 37 heavy (non-hydrogen) atoms. The van der Waals surface area contributed by atoms with E-state index in [2.05, 4.69) is 45.2 Å². The van der Waals surface area contributed by atoms with Crippen LogP contribution >= 0.6 is 11.6 Å². The fourth-order valence-electron chi connectivity index (χ4n) is 4.81. The minimum absolute atomic E-state index is 0.0192. The van der Waals surface area contributed by atoms with Crippen LogP contribution in [0.1, 0.15) is 36.1 Å². The van der Waals surface area contributed by atoms with Crippen LogP contribution < -0.4 is 5.32 Å². The maximum atomic E-state index is 13.3. The molecule has 8 nitrogen and oxygen atoms in total. The minimum Gasteiger partial charge on any atom is -0.336 e. The van der Waals surface area contributed by atoms with Gasteiger partial charge in [0, 0.05) is 42.0 Å². The molecule has 1 aliphatic heterocycles. The van der Waals surface area contributed by atoms with E-state index in [1.54, 1.807) is 23.1 Å². The van der Waals surface area contributed by atoms with E-state index in [9.17, 15) is 4.79 Å². The monoisotopic (exact) mass is 513 g/mol. The Morgan fingerprint density at radius 1 is 1.05 bits per heavy atom. The summed E-state index contributed by atoms with van der Waals surface area (Å²) in [5.74, 6) is 0.538. The van der Waals surface area contributed by atoms with E-state index in [0.717, 1.165) is 35.4 Å². The predicted octanol–water partition coefficient (Wildman–Crippen LogP) is 5.31. The zero-order chi connectivity index (χ0) is 25.6. The lowest BCUT2D eigenvalue weighted by Gasteiger charge is -2.40. The summed E-state index contributed by atoms with van der Waals surface area (Å²) in [6.45, 7) is 4.96. The third-order valence-electron chi connectivity index (χ3n) is 6.61. The molecule has 9 heteroatoms. The standard InChI is InChI=1S/C28H28ClN7O/c1-30-16-17-33-28(37)35-19-22(10-13-25(35)21-6-3-2-4-7-21)26-18-24(20-8-11-23(29)12-9-20)34-36(26)27-31-14-5-15-32-27/h2-9,11-12,14-15,18,22,25H,1,10,13,16-17,19H2,(H,33,37)/t22-,25+/m0/s1. The van der Waals surface area contributed by atoms with Gasteiger partial charge in [-0.3, -0.25) is 4.99 Å². The first-order valence-electron chi connectivity index (χ1n) is 12.3. The Bertz CT molecular complexity index is 1340. The molecule has 4 aromatic rings. The van der Waals surface area contributed by atoms with Gasteiger partial charge in [0.15, 0.2) is 0 Å². The van der Waals surface area contributed by atoms with Gasteiger partial charge >= 0.3 is 6.03 Å². The maximum absolute atomic E-state index is 13.3. The zero-order valence-corrected chi connectivity index (χ0v) is 21.1. The molecule has 0 unspecified atom stereocenters. The Morgan fingerprint density at radius 3 is 2.54 bits per heavy atom. The first-order chi connectivity index (χ1) is 18.1. The molecule has 188 valence electrons. The summed E-state index contributed by atoms with van der Waals surface area (Å²) in [5, 5.41) is 8.54. The average molecular weight is 514 g/mol. The van der Waals surface area contributed by atoms with E-state index >= 15 is 0 Å². The van der Waals surface area contributed by atoms with Gasteiger partial charge in [0.2, 0.25) is 0 Å². The number of carbonyl (C=O) groups excluding carboxylic acids is 1. The lowest BCUT2D eigenvalue weighted by Crippen LogP contribution is -2.47. The van der Waals surface area contributed by atoms with Crippen molar-refractivity contribution in [3.05, 3.63) is 95.4 Å². The second-order valence-corrected chi connectivity index (χ2v) is 9.39. The van der Waals surface area contributed by atoms with Crippen molar-refractivity contribution in [2.24, 2.45) is 4.99 Å². The summed E-state index contributed by atoms with van der Waals surface area (Å²) >= 11 is 6.11. The molecule has 1 fully saturated rings. The number of nitrogens with zero attached hydrogens (tertiary/aromatic N) is 6. The van der Waals surface area contributed by atoms with Gasteiger partial charge in [-0.2, -0.15) is 5.10 Å². The van der Waals surface area contributed by atoms with Crippen molar-refractivity contribution in [3.63, 3.8) is 0 Å². The van der Waals surface area contributed by atoms with Crippen LogP contribution in [0.2, 0.25) is 5.02 Å². The number of amides is 2. The number of piperidine rings is 1. The molecule has 3 heterocycles. The van der Waals surface area contributed by atoms with Crippen molar-refractivity contribution < 1.29 is 4.79 Å². The van der Waals surface area contributed by atoms with Crippen LogP contribution in [0.5, 0.6) is 0 Å². The van der Waals surface area contributed by atoms with Gasteiger partial charge in [-0.05, 0) is 49.4 Å². The highest BCUT2D eigenvalue weighted by molar-refractivity contribution is 6.30. The molecule has 0 saturated carbocycles. The predicted molar refractivity (Wildman–Crippen MR) is 145 cm³/mol. The lowest BCUT2D eigenvalue weighted by atomic mass is 9.87. The van der Waals surface area contributed by atoms with E-state index in [-0.39, 0.29) is 18.0 Å². The number of nitrogens with one attached hydrogen (secondary N) is 1. The number of carbonyl (C=O) groups is 1. The van der Waals surface area contributed by atoms with Crippen LogP contribution in [0, 0.1) is 0 Å². The average Bonchev–Trinajstić information content (AvgIpc) is 3.40. The summed E-state index contributed by atoms with van der Waals surface area (Å²) in [4.78, 5) is 28.0. The molecular formula is C28H28ClN7O. The molecule has 0 aliphatic carbocycles. The fourth-order valence-corrected chi connectivity index (χ4v) is 4.94. The Labute approximate surface area is 221 Å². The molecule has 2 aromatic heterocycles. The van der Waals surface area contributed by atoms with Crippen molar-refractivity contribution in [1.82, 2.24) is 30.0 Å². The van der Waals surface area contributed by atoms with Crippen molar-refractivity contribution in [2.45, 2.75) is 24.8 Å². The third-order valence-corrected chi connectivity index (χ3v) is 6.86. The van der Waals surface area contributed by atoms with Gasteiger partial charge in [-0.25, -0.2) is 19.4 Å². The van der Waals surface area contributed by atoms with Crippen molar-refractivity contribution >= 4 is 24.3 Å². The van der Waals surface area contributed by atoms with Crippen LogP contribution in [-0.4, -0.2) is 57.0 Å². The molecule has 1 saturated heterocycles. The van der Waals surface area contributed by atoms with Crippen molar-refractivity contribution in [1.29, 1.82) is 0 Å². The van der Waals surface area contributed by atoms with E-state index in [4.69, 9.17) is 16.7 Å². The number of aliphatic imine (C=N–C) groups is 1. The largest absolute Gasteiger partial charge is 0.336 e. The number of halogens is 1. The van der Waals surface area contributed by atoms with Crippen LogP contribution in [0.15, 0.2) is 84.1 Å². The Hall–Kier alpha value is -4.04. The van der Waals surface area contributed by atoms with Gasteiger partial charge in [-0.15, -0.1) is 0 Å². The Balaban J connectivity index is 1.50. The lowest BCUT2D eigenvalue weighted by molar-refractivity contribution is 0.141. The van der Waals surface area contributed by atoms with Crippen LogP contribution in [0.4, 0.5) is 4.79 Å². The summed E-state index contributed by atoms with van der Waals surface area (Å²) in [5.41, 5.74) is 3.84. The van der Waals surface area contributed by atoms with Crippen LogP contribution in [-0.2, 0) is 0 Å². The number of aromatic nitrogens is 4. The number of hydrogen-bond donors (Lipinski definition) is 1. The summed E-state index contributed by atoms with van der Waals surface area (Å²) in [6, 6.07) is 21.5. The van der Waals surface area contributed by atoms with Gasteiger partial charge in [0.25, 0.3) is 5.95 Å². The second kappa shape index (κ2) is 11.3. The van der Waals surface area contributed by atoms with Crippen molar-refractivity contribution in [3.8, 4) is 17.2 Å². The maximum Gasteiger partial charge on any atom is 0.317 e. The molecule has 0 spiro atoms. The smallest absolute Gasteiger partial charge is 0.317 e. The fraction of sp³-hybridized carbons (Fsp3) is 0.250. The summed E-state index contributed by atoms with van der Waals surface area (Å²) < 4.78 is 1.80. The molecule has 1 N–H and O–H groups in total. The highest BCUT2D eigenvalue weighted by atomic mass is 35.5. The number of rotatable bonds is 7. The number of benzene rings is 2. The van der Waals surface area contributed by atoms with E-state index in [1.165, 1.54) is 0 Å². The molecule has 2 amide bonds. The second-order valence-electron chi connectivity index (χ2n) is 8.95. The summed E-state index contributed by atoms with van der Waals surface area (Å²) in [6.07, 6.45) is 5.11. The molecular weight excluding hydrogens is 486 g/mol. The Kier molecular flexibility index (Phi) is 7.56. The molecule has 5 rings (SSSR count). The van der Waals surface area contributed by atoms with Crippen LogP contribution in [0.25, 0.3) is 17.2 Å². The van der Waals surface area contributed by atoms with Crippen LogP contribution in [0.3, 0.4) is 0 Å². The SMILES string of the molecule is C=NCCNC(=O)N1C[C@@H](c2cc(-c3ccc(Cl)cc3)nn2-c2ncccn2)CC[C@@H]1c1ccccc1. The number of likely N-dealkylation sites (tertiary alicyclic amines) is 1. The highest BCUT2D eigenvalue weighted by Crippen LogP contribution is 2.39. The van der Waals surface area contributed by atoms with Crippen molar-refractivity contribution in [2.75, 3.05) is 19.6 Å².